The topological polar surface area (TPSA) is 75.3 Å². The summed E-state index contributed by atoms with van der Waals surface area (Å²) in [4.78, 5) is 8.57. The van der Waals surface area contributed by atoms with Gasteiger partial charge in [0.2, 0.25) is 0 Å². The minimum absolute atomic E-state index is 0.130. The van der Waals surface area contributed by atoms with E-state index in [-0.39, 0.29) is 6.04 Å². The number of anilines is 1. The average molecular weight is 311 g/mol. The largest absolute Gasteiger partial charge is 0.391 e. The number of aryl methyl sites for hydroxylation is 1. The SMILES string of the molecule is CCc1cc(NC(C)C(O)Cc2ccccc2)n2ncnc2n1. The van der Waals surface area contributed by atoms with Crippen molar-refractivity contribution in [2.75, 3.05) is 5.32 Å². The third-order valence-electron chi connectivity index (χ3n) is 3.91. The molecular weight excluding hydrogens is 290 g/mol. The molecule has 0 fully saturated rings. The second kappa shape index (κ2) is 6.75. The molecule has 2 aromatic heterocycles. The van der Waals surface area contributed by atoms with Gasteiger partial charge in [-0.15, -0.1) is 0 Å². The van der Waals surface area contributed by atoms with Crippen molar-refractivity contribution in [3.8, 4) is 0 Å². The quantitative estimate of drug-likeness (QED) is 0.729. The Balaban J connectivity index is 1.76. The lowest BCUT2D eigenvalue weighted by Crippen LogP contribution is -2.33. The van der Waals surface area contributed by atoms with Crippen LogP contribution in [0.1, 0.15) is 25.1 Å². The maximum Gasteiger partial charge on any atom is 0.254 e. The van der Waals surface area contributed by atoms with Crippen LogP contribution in [-0.4, -0.2) is 36.8 Å². The number of benzene rings is 1. The predicted molar refractivity (Wildman–Crippen MR) is 89.4 cm³/mol. The maximum absolute atomic E-state index is 10.5. The van der Waals surface area contributed by atoms with Gasteiger partial charge in [0.05, 0.1) is 12.1 Å². The van der Waals surface area contributed by atoms with Gasteiger partial charge in [-0.05, 0) is 18.9 Å². The van der Waals surface area contributed by atoms with Gasteiger partial charge in [0, 0.05) is 18.2 Å². The molecule has 0 spiro atoms. The average Bonchev–Trinajstić information content (AvgIpc) is 3.04. The van der Waals surface area contributed by atoms with Crippen LogP contribution in [0.4, 0.5) is 5.82 Å². The fourth-order valence-corrected chi connectivity index (χ4v) is 2.51. The summed E-state index contributed by atoms with van der Waals surface area (Å²) in [7, 11) is 0. The summed E-state index contributed by atoms with van der Waals surface area (Å²) in [6.07, 6.45) is 2.40. The molecule has 2 N–H and O–H groups in total. The van der Waals surface area contributed by atoms with E-state index in [4.69, 9.17) is 0 Å². The molecule has 6 heteroatoms. The number of hydrogen-bond donors (Lipinski definition) is 2. The summed E-state index contributed by atoms with van der Waals surface area (Å²) in [6.45, 7) is 4.01. The van der Waals surface area contributed by atoms with Crippen LogP contribution in [0.25, 0.3) is 5.78 Å². The summed E-state index contributed by atoms with van der Waals surface area (Å²) in [5, 5.41) is 18.0. The molecule has 0 aliphatic heterocycles. The number of aliphatic hydroxyl groups excluding tert-OH is 1. The van der Waals surface area contributed by atoms with Crippen LogP contribution in [0.5, 0.6) is 0 Å². The molecule has 2 heterocycles. The highest BCUT2D eigenvalue weighted by Gasteiger charge is 2.17. The van der Waals surface area contributed by atoms with Gasteiger partial charge in [-0.3, -0.25) is 0 Å². The number of nitrogens with zero attached hydrogens (tertiary/aromatic N) is 4. The first-order chi connectivity index (χ1) is 11.2. The second-order valence-corrected chi connectivity index (χ2v) is 5.65. The minimum atomic E-state index is -0.505. The van der Waals surface area contributed by atoms with Crippen molar-refractivity contribution < 1.29 is 5.11 Å². The molecule has 0 bridgehead atoms. The standard InChI is InChI=1S/C17H21N5O/c1-3-14-10-16(22-17(21-14)18-11-19-22)20-12(2)15(23)9-13-7-5-4-6-8-13/h4-8,10-12,15,20,23H,3,9H2,1-2H3. The van der Waals surface area contributed by atoms with Gasteiger partial charge >= 0.3 is 0 Å². The van der Waals surface area contributed by atoms with Crippen LogP contribution in [0, 0.1) is 0 Å². The van der Waals surface area contributed by atoms with Crippen molar-refractivity contribution in [2.45, 2.75) is 38.8 Å². The van der Waals surface area contributed by atoms with Crippen molar-refractivity contribution in [3.63, 3.8) is 0 Å². The van der Waals surface area contributed by atoms with Crippen molar-refractivity contribution >= 4 is 11.6 Å². The highest BCUT2D eigenvalue weighted by molar-refractivity contribution is 5.45. The Morgan fingerprint density at radius 2 is 2.04 bits per heavy atom. The first-order valence-corrected chi connectivity index (χ1v) is 7.85. The second-order valence-electron chi connectivity index (χ2n) is 5.65. The summed E-state index contributed by atoms with van der Waals surface area (Å²) in [5.41, 5.74) is 2.06. The van der Waals surface area contributed by atoms with Gasteiger partial charge in [-0.2, -0.15) is 14.6 Å². The third kappa shape index (κ3) is 3.48. The molecule has 6 nitrogen and oxygen atoms in total. The molecule has 23 heavy (non-hydrogen) atoms. The molecular formula is C17H21N5O. The molecule has 0 amide bonds. The molecule has 0 aliphatic carbocycles. The van der Waals surface area contributed by atoms with Crippen LogP contribution in [0.2, 0.25) is 0 Å². The van der Waals surface area contributed by atoms with E-state index in [0.717, 1.165) is 23.5 Å². The third-order valence-corrected chi connectivity index (χ3v) is 3.91. The van der Waals surface area contributed by atoms with Gasteiger partial charge in [-0.25, -0.2) is 4.98 Å². The lowest BCUT2D eigenvalue weighted by Gasteiger charge is -2.22. The van der Waals surface area contributed by atoms with E-state index in [2.05, 4.69) is 20.4 Å². The zero-order valence-electron chi connectivity index (χ0n) is 13.3. The van der Waals surface area contributed by atoms with E-state index in [1.165, 1.54) is 6.33 Å². The fraction of sp³-hybridized carbons (Fsp3) is 0.353. The van der Waals surface area contributed by atoms with E-state index >= 15 is 0 Å². The Kier molecular flexibility index (Phi) is 4.52. The van der Waals surface area contributed by atoms with Crippen molar-refractivity contribution in [1.82, 2.24) is 19.6 Å². The van der Waals surface area contributed by atoms with E-state index in [0.29, 0.717) is 12.2 Å². The van der Waals surface area contributed by atoms with Gasteiger partial charge in [0.15, 0.2) is 0 Å². The molecule has 0 saturated carbocycles. The zero-order valence-corrected chi connectivity index (χ0v) is 13.3. The Bertz CT molecular complexity index is 771. The molecule has 2 atom stereocenters. The normalized spacial score (nSPS) is 13.9. The monoisotopic (exact) mass is 311 g/mol. The van der Waals surface area contributed by atoms with Crippen LogP contribution >= 0.6 is 0 Å². The van der Waals surface area contributed by atoms with E-state index < -0.39 is 6.10 Å². The summed E-state index contributed by atoms with van der Waals surface area (Å²) >= 11 is 0. The zero-order chi connectivity index (χ0) is 16.2. The van der Waals surface area contributed by atoms with Gasteiger partial charge in [-0.1, -0.05) is 37.3 Å². The number of aliphatic hydroxyl groups is 1. The smallest absolute Gasteiger partial charge is 0.254 e. The lowest BCUT2D eigenvalue weighted by molar-refractivity contribution is 0.158. The summed E-state index contributed by atoms with van der Waals surface area (Å²) < 4.78 is 1.66. The molecule has 0 aliphatic rings. The van der Waals surface area contributed by atoms with E-state index in [1.54, 1.807) is 4.52 Å². The van der Waals surface area contributed by atoms with Crippen LogP contribution in [-0.2, 0) is 12.8 Å². The predicted octanol–water partition coefficient (Wildman–Crippen LogP) is 2.09. The number of rotatable bonds is 6. The molecule has 3 aromatic rings. The number of hydrogen-bond acceptors (Lipinski definition) is 5. The summed E-state index contributed by atoms with van der Waals surface area (Å²) in [5.74, 6) is 1.36. The summed E-state index contributed by atoms with van der Waals surface area (Å²) in [6, 6.07) is 11.8. The maximum atomic E-state index is 10.5. The Morgan fingerprint density at radius 3 is 2.78 bits per heavy atom. The molecule has 3 rings (SSSR count). The molecule has 0 saturated heterocycles. The molecule has 1 aromatic carbocycles. The number of fused-ring (bicyclic) bond motifs is 1. The highest BCUT2D eigenvalue weighted by atomic mass is 16.3. The van der Waals surface area contributed by atoms with Gasteiger partial charge in [0.25, 0.3) is 5.78 Å². The number of nitrogens with one attached hydrogen (secondary N) is 1. The minimum Gasteiger partial charge on any atom is -0.391 e. The van der Waals surface area contributed by atoms with Crippen LogP contribution in [0.3, 0.4) is 0 Å². The Labute approximate surface area is 135 Å². The van der Waals surface area contributed by atoms with E-state index in [9.17, 15) is 5.11 Å². The van der Waals surface area contributed by atoms with Crippen LogP contribution < -0.4 is 5.32 Å². The first kappa shape index (κ1) is 15.4. The lowest BCUT2D eigenvalue weighted by atomic mass is 10.0. The van der Waals surface area contributed by atoms with Gasteiger partial charge in [0.1, 0.15) is 12.1 Å². The Morgan fingerprint density at radius 1 is 1.26 bits per heavy atom. The van der Waals surface area contributed by atoms with Crippen molar-refractivity contribution in [1.29, 1.82) is 0 Å². The first-order valence-electron chi connectivity index (χ1n) is 7.85. The van der Waals surface area contributed by atoms with Gasteiger partial charge < -0.3 is 10.4 Å². The molecule has 120 valence electrons. The van der Waals surface area contributed by atoms with Crippen molar-refractivity contribution in [2.24, 2.45) is 0 Å². The number of aromatic nitrogens is 4. The molecule has 2 unspecified atom stereocenters. The van der Waals surface area contributed by atoms with Crippen LogP contribution in [0.15, 0.2) is 42.7 Å². The van der Waals surface area contributed by atoms with E-state index in [1.807, 2.05) is 50.2 Å². The highest BCUT2D eigenvalue weighted by Crippen LogP contribution is 2.15. The van der Waals surface area contributed by atoms with Crippen molar-refractivity contribution in [3.05, 3.63) is 54.0 Å². The fourth-order valence-electron chi connectivity index (χ4n) is 2.51. The molecule has 0 radical (unpaired) electrons. The Hall–Kier alpha value is -2.47.